The molecule has 0 spiro atoms. The number of amides is 2. The Hall–Kier alpha value is -4.06. The Morgan fingerprint density at radius 1 is 1.19 bits per heavy atom. The Bertz CT molecular complexity index is 1150. The Morgan fingerprint density at radius 3 is 2.50 bits per heavy atom. The molecule has 194 valence electrons. The number of imidazole rings is 1. The van der Waals surface area contributed by atoms with Gasteiger partial charge in [-0.1, -0.05) is 19.3 Å². The third kappa shape index (κ3) is 7.73. The third-order valence-corrected chi connectivity index (χ3v) is 5.25. The number of carbonyl (C=O) groups excluding carboxylic acids is 2. The highest BCUT2D eigenvalue weighted by Gasteiger charge is 2.20. The first-order valence-electron chi connectivity index (χ1n) is 11.7. The quantitative estimate of drug-likeness (QED) is 0.310. The molecule has 3 aromatic heterocycles. The Balaban J connectivity index is 0.000000583. The molecule has 1 saturated carbocycles. The molecule has 11 nitrogen and oxygen atoms in total. The second kappa shape index (κ2) is 14.4. The van der Waals surface area contributed by atoms with E-state index in [2.05, 4.69) is 49.9 Å². The van der Waals surface area contributed by atoms with E-state index in [1.54, 1.807) is 0 Å². The fourth-order valence-corrected chi connectivity index (χ4v) is 3.63. The maximum Gasteiger partial charge on any atom is 0.276 e. The fraction of sp³-hybridized carbons (Fsp3) is 0.375. The van der Waals surface area contributed by atoms with Crippen LogP contribution < -0.4 is 27.4 Å². The van der Waals surface area contributed by atoms with Crippen LogP contribution in [0.25, 0.3) is 5.65 Å². The van der Waals surface area contributed by atoms with E-state index in [-0.39, 0.29) is 17.9 Å². The number of hydrogen-bond donors (Lipinski definition) is 5. The highest BCUT2D eigenvalue weighted by atomic mass is 19.1. The van der Waals surface area contributed by atoms with Crippen LogP contribution in [0.4, 0.5) is 21.6 Å². The van der Waals surface area contributed by atoms with E-state index in [1.807, 2.05) is 13.0 Å². The van der Waals surface area contributed by atoms with Crippen LogP contribution in [0.15, 0.2) is 43.9 Å². The van der Waals surface area contributed by atoms with Gasteiger partial charge in [0.2, 0.25) is 5.91 Å². The second-order valence-electron chi connectivity index (χ2n) is 7.81. The lowest BCUT2D eigenvalue weighted by atomic mass is 9.95. The van der Waals surface area contributed by atoms with Gasteiger partial charge in [0, 0.05) is 24.8 Å². The van der Waals surface area contributed by atoms with E-state index < -0.39 is 17.6 Å². The van der Waals surface area contributed by atoms with Gasteiger partial charge in [0.15, 0.2) is 17.2 Å². The lowest BCUT2D eigenvalue weighted by molar-refractivity contribution is -0.116. The molecule has 0 radical (unpaired) electrons. The fourth-order valence-electron chi connectivity index (χ4n) is 3.63. The number of anilines is 3. The molecule has 36 heavy (non-hydrogen) atoms. The lowest BCUT2D eigenvalue weighted by Crippen LogP contribution is -2.24. The number of aromatic nitrogens is 4. The van der Waals surface area contributed by atoms with Gasteiger partial charge in [-0.15, -0.1) is 18.3 Å². The Morgan fingerprint density at radius 2 is 1.89 bits per heavy atom. The van der Waals surface area contributed by atoms with Gasteiger partial charge in [0.05, 0.1) is 30.3 Å². The topological polar surface area (TPSA) is 165 Å². The molecule has 1 aliphatic rings. The van der Waals surface area contributed by atoms with E-state index >= 15 is 0 Å². The summed E-state index contributed by atoms with van der Waals surface area (Å²) in [5.41, 5.74) is 10.8. The second-order valence-corrected chi connectivity index (χ2v) is 7.81. The molecular formula is C24H34FN9O2. The monoisotopic (exact) mass is 499 g/mol. The third-order valence-electron chi connectivity index (χ3n) is 5.25. The van der Waals surface area contributed by atoms with E-state index in [0.29, 0.717) is 24.1 Å². The zero-order valence-corrected chi connectivity index (χ0v) is 20.5. The van der Waals surface area contributed by atoms with Crippen LogP contribution in [0.5, 0.6) is 0 Å². The minimum atomic E-state index is -0.601. The summed E-state index contributed by atoms with van der Waals surface area (Å²) in [4.78, 5) is 30.3. The summed E-state index contributed by atoms with van der Waals surface area (Å²) in [7, 11) is 0. The SMILES string of the molecule is C=C.CCNc1cc(NC2CCCCC2)nn2c(C(=O)Nc3ccncc3F)cnc12.NCC(N)=O. The van der Waals surface area contributed by atoms with Gasteiger partial charge in [-0.05, 0) is 25.8 Å². The summed E-state index contributed by atoms with van der Waals surface area (Å²) in [6.07, 6.45) is 9.81. The van der Waals surface area contributed by atoms with E-state index in [4.69, 9.17) is 5.73 Å². The average molecular weight is 500 g/mol. The van der Waals surface area contributed by atoms with Gasteiger partial charge in [-0.2, -0.15) is 0 Å². The molecule has 0 aliphatic heterocycles. The van der Waals surface area contributed by atoms with Crippen LogP contribution in [-0.2, 0) is 4.79 Å². The molecule has 3 heterocycles. The number of primary amides is 1. The van der Waals surface area contributed by atoms with Crippen LogP contribution in [0.1, 0.15) is 49.5 Å². The number of nitrogens with two attached hydrogens (primary N) is 2. The number of halogens is 1. The number of carbonyl (C=O) groups is 2. The molecule has 0 atom stereocenters. The lowest BCUT2D eigenvalue weighted by Gasteiger charge is -2.23. The first-order chi connectivity index (χ1) is 17.4. The first-order valence-corrected chi connectivity index (χ1v) is 11.7. The van der Waals surface area contributed by atoms with Crippen molar-refractivity contribution in [3.63, 3.8) is 0 Å². The number of nitrogens with one attached hydrogen (secondary N) is 3. The molecule has 1 aliphatic carbocycles. The average Bonchev–Trinajstić information content (AvgIpc) is 3.32. The molecule has 0 bridgehead atoms. The van der Waals surface area contributed by atoms with Gasteiger partial charge in [-0.25, -0.2) is 13.9 Å². The van der Waals surface area contributed by atoms with E-state index in [1.165, 1.54) is 42.2 Å². The zero-order valence-electron chi connectivity index (χ0n) is 20.5. The minimum absolute atomic E-state index is 0.0556. The molecule has 0 unspecified atom stereocenters. The number of fused-ring (bicyclic) bond motifs is 1. The standard InChI is InChI=1S/C20H24FN7O.C2H6N2O.C2H4/c1-2-23-16-10-18(25-13-6-4-3-5-7-13)27-28-17(12-24-19(16)28)20(29)26-15-8-9-22-11-14(15)21;3-1-2(4)5;1-2/h8-13,23H,2-7H2,1H3,(H,25,27)(H,22,26,29);1,3H2,(H2,4,5);1-2H2. The normalized spacial score (nSPS) is 13.0. The summed E-state index contributed by atoms with van der Waals surface area (Å²) >= 11 is 0. The summed E-state index contributed by atoms with van der Waals surface area (Å²) in [6.45, 7) is 8.65. The van der Waals surface area contributed by atoms with Gasteiger partial charge >= 0.3 is 0 Å². The van der Waals surface area contributed by atoms with Crippen molar-refractivity contribution in [2.75, 3.05) is 29.0 Å². The maximum absolute atomic E-state index is 13.9. The van der Waals surface area contributed by atoms with Gasteiger partial charge in [0.1, 0.15) is 5.82 Å². The number of nitrogens with zero attached hydrogens (tertiary/aromatic N) is 4. The Labute approximate surface area is 209 Å². The van der Waals surface area contributed by atoms with Crippen molar-refractivity contribution < 1.29 is 14.0 Å². The summed E-state index contributed by atoms with van der Waals surface area (Å²) in [5, 5.41) is 13.9. The Kier molecular flexibility index (Phi) is 11.2. The highest BCUT2D eigenvalue weighted by Crippen LogP contribution is 2.25. The molecule has 1 fully saturated rings. The van der Waals surface area contributed by atoms with Crippen LogP contribution in [-0.4, -0.2) is 50.5 Å². The van der Waals surface area contributed by atoms with Crippen molar-refractivity contribution in [1.29, 1.82) is 0 Å². The van der Waals surface area contributed by atoms with Crippen molar-refractivity contribution in [3.8, 4) is 0 Å². The molecule has 12 heteroatoms. The van der Waals surface area contributed by atoms with Crippen LogP contribution in [0.2, 0.25) is 0 Å². The van der Waals surface area contributed by atoms with Crippen molar-refractivity contribution in [2.24, 2.45) is 11.5 Å². The summed E-state index contributed by atoms with van der Waals surface area (Å²) in [5.74, 6) is -0.879. The van der Waals surface area contributed by atoms with Crippen LogP contribution in [0, 0.1) is 5.82 Å². The van der Waals surface area contributed by atoms with Gasteiger partial charge in [-0.3, -0.25) is 14.6 Å². The highest BCUT2D eigenvalue weighted by molar-refractivity contribution is 6.03. The predicted molar refractivity (Wildman–Crippen MR) is 139 cm³/mol. The van der Waals surface area contributed by atoms with Crippen molar-refractivity contribution >= 4 is 34.7 Å². The molecule has 3 aromatic rings. The van der Waals surface area contributed by atoms with Gasteiger partial charge < -0.3 is 27.4 Å². The maximum atomic E-state index is 13.9. The van der Waals surface area contributed by atoms with Crippen molar-refractivity contribution in [3.05, 3.63) is 55.4 Å². The summed E-state index contributed by atoms with van der Waals surface area (Å²) in [6, 6.07) is 3.70. The number of pyridine rings is 1. The predicted octanol–water partition coefficient (Wildman–Crippen LogP) is 2.92. The van der Waals surface area contributed by atoms with Crippen molar-refractivity contribution in [1.82, 2.24) is 19.6 Å². The van der Waals surface area contributed by atoms with E-state index in [9.17, 15) is 14.0 Å². The summed E-state index contributed by atoms with van der Waals surface area (Å²) < 4.78 is 15.4. The molecule has 0 saturated heterocycles. The largest absolute Gasteiger partial charge is 0.382 e. The molecule has 0 aromatic carbocycles. The van der Waals surface area contributed by atoms with Crippen LogP contribution in [0.3, 0.4) is 0 Å². The molecule has 4 rings (SSSR count). The minimum Gasteiger partial charge on any atom is -0.382 e. The van der Waals surface area contributed by atoms with Crippen LogP contribution >= 0.6 is 0 Å². The van der Waals surface area contributed by atoms with Crippen molar-refractivity contribution in [2.45, 2.75) is 45.1 Å². The zero-order chi connectivity index (χ0) is 26.5. The molecule has 2 amide bonds. The van der Waals surface area contributed by atoms with Gasteiger partial charge in [0.25, 0.3) is 5.91 Å². The van der Waals surface area contributed by atoms with E-state index in [0.717, 1.165) is 24.7 Å². The first kappa shape index (κ1) is 28.2. The molecule has 7 N–H and O–H groups in total. The smallest absolute Gasteiger partial charge is 0.276 e. The molecular weight excluding hydrogens is 465 g/mol. The number of rotatable bonds is 7. The number of hydrogen-bond acceptors (Lipinski definition) is 8.